The van der Waals surface area contributed by atoms with Crippen molar-refractivity contribution in [3.8, 4) is 0 Å². The minimum absolute atomic E-state index is 0.0437. The second-order valence-electron chi connectivity index (χ2n) is 5.44. The molecule has 1 aliphatic heterocycles. The van der Waals surface area contributed by atoms with Gasteiger partial charge in [0, 0.05) is 18.9 Å². The van der Waals surface area contributed by atoms with Crippen LogP contribution in [0.3, 0.4) is 0 Å². The van der Waals surface area contributed by atoms with Crippen LogP contribution in [-0.2, 0) is 16.1 Å². The Hall–Kier alpha value is -2.28. The van der Waals surface area contributed by atoms with E-state index in [9.17, 15) is 4.79 Å². The number of hydrogen-bond acceptors (Lipinski definition) is 5. The molecule has 22 heavy (non-hydrogen) atoms. The summed E-state index contributed by atoms with van der Waals surface area (Å²) in [6.07, 6.45) is 5.13. The van der Waals surface area contributed by atoms with Crippen molar-refractivity contribution in [2.24, 2.45) is 0 Å². The Balaban J connectivity index is 1.66. The smallest absolute Gasteiger partial charge is 0.244 e. The van der Waals surface area contributed by atoms with Gasteiger partial charge in [0.1, 0.15) is 18.5 Å². The van der Waals surface area contributed by atoms with Crippen molar-refractivity contribution in [1.29, 1.82) is 0 Å². The van der Waals surface area contributed by atoms with Gasteiger partial charge in [-0.05, 0) is 25.5 Å². The highest BCUT2D eigenvalue weighted by molar-refractivity contribution is 5.76. The largest absolute Gasteiger partial charge is 0.368 e. The highest BCUT2D eigenvalue weighted by atomic mass is 16.5. The molecule has 3 heterocycles. The average molecular weight is 301 g/mol. The maximum atomic E-state index is 12.4. The number of morpholine rings is 1. The Morgan fingerprint density at radius 2 is 2.32 bits per heavy atom. The van der Waals surface area contributed by atoms with Crippen LogP contribution in [0.25, 0.3) is 0 Å². The number of aromatic nitrogens is 4. The molecule has 0 aromatic carbocycles. The van der Waals surface area contributed by atoms with Gasteiger partial charge < -0.3 is 9.64 Å². The van der Waals surface area contributed by atoms with E-state index in [0.717, 1.165) is 11.3 Å². The Labute approximate surface area is 128 Å². The number of ether oxygens (including phenoxy) is 1. The van der Waals surface area contributed by atoms with Crippen LogP contribution < -0.4 is 0 Å². The minimum Gasteiger partial charge on any atom is -0.368 e. The normalized spacial score (nSPS) is 18.5. The third-order valence-electron chi connectivity index (χ3n) is 3.61. The molecule has 2 aromatic heterocycles. The first-order valence-corrected chi connectivity index (χ1v) is 7.30. The lowest BCUT2D eigenvalue weighted by atomic mass is 10.2. The van der Waals surface area contributed by atoms with Crippen molar-refractivity contribution in [2.75, 3.05) is 19.7 Å². The van der Waals surface area contributed by atoms with E-state index in [4.69, 9.17) is 4.74 Å². The Kier molecular flexibility index (Phi) is 4.15. The lowest BCUT2D eigenvalue weighted by molar-refractivity contribution is -0.140. The van der Waals surface area contributed by atoms with Gasteiger partial charge in [0.25, 0.3) is 0 Å². The van der Waals surface area contributed by atoms with E-state index in [-0.39, 0.29) is 18.6 Å². The second-order valence-corrected chi connectivity index (χ2v) is 5.44. The Bertz CT molecular complexity index is 669. The summed E-state index contributed by atoms with van der Waals surface area (Å²) in [6, 6.07) is 1.84. The molecule has 0 bridgehead atoms. The van der Waals surface area contributed by atoms with Crippen LogP contribution in [0.15, 0.2) is 24.7 Å². The molecule has 1 amide bonds. The predicted molar refractivity (Wildman–Crippen MR) is 79.0 cm³/mol. The highest BCUT2D eigenvalue weighted by Gasteiger charge is 2.26. The first-order chi connectivity index (χ1) is 10.6. The van der Waals surface area contributed by atoms with Crippen LogP contribution in [-0.4, -0.2) is 50.3 Å². The molecule has 1 aliphatic rings. The van der Waals surface area contributed by atoms with Gasteiger partial charge in [-0.25, -0.2) is 9.97 Å². The zero-order chi connectivity index (χ0) is 15.5. The van der Waals surface area contributed by atoms with Gasteiger partial charge in [0.15, 0.2) is 0 Å². The SMILES string of the molecule is Cc1cnn(CC(=O)N2CCO[C@H](c3ccnc(C)n3)C2)c1. The molecule has 0 radical (unpaired) electrons. The van der Waals surface area contributed by atoms with Crippen LogP contribution >= 0.6 is 0 Å². The third kappa shape index (κ3) is 3.30. The predicted octanol–water partition coefficient (Wildman–Crippen LogP) is 0.890. The first kappa shape index (κ1) is 14.6. The number of aryl methyl sites for hydroxylation is 2. The fourth-order valence-corrected chi connectivity index (χ4v) is 2.50. The average Bonchev–Trinajstić information content (AvgIpc) is 2.92. The molecule has 0 unspecified atom stereocenters. The minimum atomic E-state index is -0.196. The molecule has 7 heteroatoms. The van der Waals surface area contributed by atoms with Crippen LogP contribution in [0.4, 0.5) is 0 Å². The topological polar surface area (TPSA) is 73.1 Å². The zero-order valence-corrected chi connectivity index (χ0v) is 12.8. The highest BCUT2D eigenvalue weighted by Crippen LogP contribution is 2.20. The Morgan fingerprint density at radius 1 is 1.45 bits per heavy atom. The number of nitrogens with zero attached hydrogens (tertiary/aromatic N) is 5. The second kappa shape index (κ2) is 6.23. The molecule has 2 aromatic rings. The fourth-order valence-electron chi connectivity index (χ4n) is 2.50. The summed E-state index contributed by atoms with van der Waals surface area (Å²) < 4.78 is 7.41. The fraction of sp³-hybridized carbons (Fsp3) is 0.467. The number of carbonyl (C=O) groups excluding carboxylic acids is 1. The van der Waals surface area contributed by atoms with Gasteiger partial charge in [0.05, 0.1) is 25.0 Å². The van der Waals surface area contributed by atoms with E-state index >= 15 is 0 Å². The summed E-state index contributed by atoms with van der Waals surface area (Å²) in [7, 11) is 0. The van der Waals surface area contributed by atoms with Crippen LogP contribution in [0, 0.1) is 13.8 Å². The van der Waals surface area contributed by atoms with Crippen molar-refractivity contribution >= 4 is 5.91 Å². The molecule has 0 aliphatic carbocycles. The summed E-state index contributed by atoms with van der Waals surface area (Å²) in [5.74, 6) is 0.749. The summed E-state index contributed by atoms with van der Waals surface area (Å²) >= 11 is 0. The van der Waals surface area contributed by atoms with E-state index in [1.807, 2.05) is 31.0 Å². The summed E-state index contributed by atoms with van der Waals surface area (Å²) in [6.45, 7) is 5.67. The van der Waals surface area contributed by atoms with Crippen LogP contribution in [0.2, 0.25) is 0 Å². The maximum Gasteiger partial charge on any atom is 0.244 e. The third-order valence-corrected chi connectivity index (χ3v) is 3.61. The number of amides is 1. The van der Waals surface area contributed by atoms with Gasteiger partial charge in [-0.3, -0.25) is 9.48 Å². The maximum absolute atomic E-state index is 12.4. The summed E-state index contributed by atoms with van der Waals surface area (Å²) in [4.78, 5) is 22.7. The van der Waals surface area contributed by atoms with E-state index < -0.39 is 0 Å². The Morgan fingerprint density at radius 3 is 3.05 bits per heavy atom. The summed E-state index contributed by atoms with van der Waals surface area (Å²) in [5, 5.41) is 4.16. The number of hydrogen-bond donors (Lipinski definition) is 0. The van der Waals surface area contributed by atoms with E-state index in [1.165, 1.54) is 0 Å². The molecule has 1 fully saturated rings. The van der Waals surface area contributed by atoms with Crippen molar-refractivity contribution in [3.63, 3.8) is 0 Å². The molecule has 1 saturated heterocycles. The summed E-state index contributed by atoms with van der Waals surface area (Å²) in [5.41, 5.74) is 1.86. The molecule has 1 atom stereocenters. The standard InChI is InChI=1S/C15H19N5O2/c1-11-7-17-20(8-11)10-15(21)19-5-6-22-14(9-19)13-3-4-16-12(2)18-13/h3-4,7-8,14H,5-6,9-10H2,1-2H3/t14-/m0/s1. The molecule has 116 valence electrons. The van der Waals surface area contributed by atoms with E-state index in [1.54, 1.807) is 17.1 Å². The monoisotopic (exact) mass is 301 g/mol. The van der Waals surface area contributed by atoms with Crippen LogP contribution in [0.1, 0.15) is 23.2 Å². The first-order valence-electron chi connectivity index (χ1n) is 7.30. The molecule has 0 saturated carbocycles. The van der Waals surface area contributed by atoms with Crippen molar-refractivity contribution < 1.29 is 9.53 Å². The molecule has 0 N–H and O–H groups in total. The molecular formula is C15H19N5O2. The number of carbonyl (C=O) groups is 1. The molecule has 7 nitrogen and oxygen atoms in total. The van der Waals surface area contributed by atoms with Crippen molar-refractivity contribution in [2.45, 2.75) is 26.5 Å². The lowest BCUT2D eigenvalue weighted by Gasteiger charge is -2.32. The van der Waals surface area contributed by atoms with Crippen molar-refractivity contribution in [1.82, 2.24) is 24.6 Å². The van der Waals surface area contributed by atoms with Gasteiger partial charge in [-0.15, -0.1) is 0 Å². The molecular weight excluding hydrogens is 282 g/mol. The quantitative estimate of drug-likeness (QED) is 0.842. The van der Waals surface area contributed by atoms with Gasteiger partial charge in [0.2, 0.25) is 5.91 Å². The van der Waals surface area contributed by atoms with Gasteiger partial charge in [-0.1, -0.05) is 0 Å². The zero-order valence-electron chi connectivity index (χ0n) is 12.8. The van der Waals surface area contributed by atoms with Gasteiger partial charge >= 0.3 is 0 Å². The van der Waals surface area contributed by atoms with Crippen LogP contribution in [0.5, 0.6) is 0 Å². The number of rotatable bonds is 3. The van der Waals surface area contributed by atoms with Gasteiger partial charge in [-0.2, -0.15) is 5.10 Å². The van der Waals surface area contributed by atoms with Crippen molar-refractivity contribution in [3.05, 3.63) is 41.7 Å². The van der Waals surface area contributed by atoms with E-state index in [0.29, 0.717) is 25.5 Å². The van der Waals surface area contributed by atoms with E-state index in [2.05, 4.69) is 15.1 Å². The molecule has 0 spiro atoms. The molecule has 3 rings (SSSR count). The lowest BCUT2D eigenvalue weighted by Crippen LogP contribution is -2.44.